The standard InChI is InChI=1S/C11H6BrF2NO4S2/c12-5-3-8(7(14)4-6(5)13)15-21(18,19)9-1-2-20-10(9)11(16)17/h1-4,15H,(H,16,17). The summed E-state index contributed by atoms with van der Waals surface area (Å²) in [5, 5.41) is 10.2. The number of thiophene rings is 1. The van der Waals surface area contributed by atoms with E-state index in [1.54, 1.807) is 0 Å². The lowest BCUT2D eigenvalue weighted by molar-refractivity contribution is 0.0698. The molecule has 0 radical (unpaired) electrons. The molecule has 0 spiro atoms. The Morgan fingerprint density at radius 1 is 1.29 bits per heavy atom. The fourth-order valence-corrected chi connectivity index (χ4v) is 4.13. The Hall–Kier alpha value is -1.52. The van der Waals surface area contributed by atoms with Crippen LogP contribution in [-0.2, 0) is 10.0 Å². The summed E-state index contributed by atoms with van der Waals surface area (Å²) in [7, 11) is -4.30. The van der Waals surface area contributed by atoms with Crippen molar-refractivity contribution in [2.45, 2.75) is 4.90 Å². The number of carbonyl (C=O) groups is 1. The van der Waals surface area contributed by atoms with Gasteiger partial charge in [-0.05, 0) is 33.4 Å². The average Bonchev–Trinajstić information content (AvgIpc) is 2.85. The van der Waals surface area contributed by atoms with Crippen molar-refractivity contribution in [2.75, 3.05) is 4.72 Å². The van der Waals surface area contributed by atoms with Crippen LogP contribution in [0.4, 0.5) is 14.5 Å². The number of benzene rings is 1. The number of carboxylic acids is 1. The molecule has 2 aromatic rings. The average molecular weight is 398 g/mol. The van der Waals surface area contributed by atoms with Gasteiger partial charge < -0.3 is 5.11 Å². The minimum Gasteiger partial charge on any atom is -0.477 e. The number of hydrogen-bond donors (Lipinski definition) is 2. The van der Waals surface area contributed by atoms with Gasteiger partial charge >= 0.3 is 5.97 Å². The Bertz CT molecular complexity index is 820. The fourth-order valence-electron chi connectivity index (χ4n) is 1.47. The predicted octanol–water partition coefficient (Wildman–Crippen LogP) is 3.29. The number of sulfonamides is 1. The summed E-state index contributed by atoms with van der Waals surface area (Å²) < 4.78 is 52.6. The molecule has 2 rings (SSSR count). The van der Waals surface area contributed by atoms with Gasteiger partial charge in [-0.3, -0.25) is 4.72 Å². The van der Waals surface area contributed by atoms with Crippen molar-refractivity contribution in [1.82, 2.24) is 0 Å². The van der Waals surface area contributed by atoms with Crippen molar-refractivity contribution >= 4 is 48.9 Å². The molecule has 0 aliphatic carbocycles. The van der Waals surface area contributed by atoms with Crippen LogP contribution in [0.3, 0.4) is 0 Å². The number of anilines is 1. The largest absolute Gasteiger partial charge is 0.477 e. The zero-order valence-corrected chi connectivity index (χ0v) is 13.2. The third-order valence-electron chi connectivity index (χ3n) is 2.37. The molecule has 0 fully saturated rings. The van der Waals surface area contributed by atoms with E-state index in [1.807, 2.05) is 4.72 Å². The summed E-state index contributed by atoms with van der Waals surface area (Å²) in [5.41, 5.74) is -0.495. The van der Waals surface area contributed by atoms with Crippen LogP contribution in [0.1, 0.15) is 9.67 Å². The van der Waals surface area contributed by atoms with Gasteiger partial charge in [-0.25, -0.2) is 22.0 Å². The Morgan fingerprint density at radius 3 is 2.57 bits per heavy atom. The van der Waals surface area contributed by atoms with Crippen LogP contribution >= 0.6 is 27.3 Å². The highest BCUT2D eigenvalue weighted by Crippen LogP contribution is 2.28. The van der Waals surface area contributed by atoms with Crippen molar-refractivity contribution < 1.29 is 27.1 Å². The number of rotatable bonds is 4. The lowest BCUT2D eigenvalue weighted by Crippen LogP contribution is -2.16. The van der Waals surface area contributed by atoms with Gasteiger partial charge in [0.2, 0.25) is 0 Å². The molecule has 2 N–H and O–H groups in total. The number of aromatic carboxylic acids is 1. The summed E-state index contributed by atoms with van der Waals surface area (Å²) in [6.07, 6.45) is 0. The van der Waals surface area contributed by atoms with Crippen LogP contribution in [-0.4, -0.2) is 19.5 Å². The van der Waals surface area contributed by atoms with Gasteiger partial charge in [0.25, 0.3) is 10.0 Å². The van der Waals surface area contributed by atoms with E-state index < -0.39 is 43.1 Å². The van der Waals surface area contributed by atoms with E-state index in [4.69, 9.17) is 5.11 Å². The quantitative estimate of drug-likeness (QED) is 0.775. The molecule has 0 atom stereocenters. The second-order valence-corrected chi connectivity index (χ2v) is 7.19. The lowest BCUT2D eigenvalue weighted by atomic mass is 10.3. The first kappa shape index (κ1) is 15.9. The first-order valence-corrected chi connectivity index (χ1v) is 8.36. The van der Waals surface area contributed by atoms with Crippen molar-refractivity contribution in [2.24, 2.45) is 0 Å². The first-order chi connectivity index (χ1) is 9.72. The first-order valence-electron chi connectivity index (χ1n) is 5.20. The molecule has 1 aromatic carbocycles. The van der Waals surface area contributed by atoms with Gasteiger partial charge in [0.05, 0.1) is 10.2 Å². The Kier molecular flexibility index (Phi) is 4.30. The van der Waals surface area contributed by atoms with E-state index >= 15 is 0 Å². The molecule has 0 unspecified atom stereocenters. The van der Waals surface area contributed by atoms with Gasteiger partial charge in [-0.1, -0.05) is 0 Å². The molecular formula is C11H6BrF2NO4S2. The van der Waals surface area contributed by atoms with E-state index in [1.165, 1.54) is 5.38 Å². The third kappa shape index (κ3) is 3.22. The summed E-state index contributed by atoms with van der Waals surface area (Å²) in [6.45, 7) is 0. The van der Waals surface area contributed by atoms with Gasteiger partial charge in [0.15, 0.2) is 0 Å². The lowest BCUT2D eigenvalue weighted by Gasteiger charge is -2.09. The highest BCUT2D eigenvalue weighted by Gasteiger charge is 2.25. The van der Waals surface area contributed by atoms with Crippen molar-refractivity contribution in [3.8, 4) is 0 Å². The molecular weight excluding hydrogens is 392 g/mol. The number of hydrogen-bond acceptors (Lipinski definition) is 4. The van der Waals surface area contributed by atoms with E-state index in [-0.39, 0.29) is 4.47 Å². The van der Waals surface area contributed by atoms with Crippen LogP contribution in [0.15, 0.2) is 32.9 Å². The monoisotopic (exact) mass is 397 g/mol. The molecule has 0 aliphatic rings. The summed E-state index contributed by atoms with van der Waals surface area (Å²) in [6, 6.07) is 2.51. The topological polar surface area (TPSA) is 83.5 Å². The van der Waals surface area contributed by atoms with E-state index in [0.717, 1.165) is 23.5 Å². The van der Waals surface area contributed by atoms with Crippen molar-refractivity contribution in [3.05, 3.63) is 44.6 Å². The minimum absolute atomic E-state index is 0.134. The zero-order valence-electron chi connectivity index (χ0n) is 9.93. The van der Waals surface area contributed by atoms with Gasteiger partial charge in [0, 0.05) is 6.07 Å². The van der Waals surface area contributed by atoms with Crippen LogP contribution in [0.5, 0.6) is 0 Å². The molecule has 0 aliphatic heterocycles. The summed E-state index contributed by atoms with van der Waals surface area (Å²) in [4.78, 5) is 10.0. The molecule has 10 heteroatoms. The van der Waals surface area contributed by atoms with E-state index in [9.17, 15) is 22.0 Å². The van der Waals surface area contributed by atoms with Gasteiger partial charge in [-0.2, -0.15) is 0 Å². The van der Waals surface area contributed by atoms with Gasteiger partial charge in [0.1, 0.15) is 21.4 Å². The van der Waals surface area contributed by atoms with Gasteiger partial charge in [-0.15, -0.1) is 11.3 Å². The maximum atomic E-state index is 13.6. The molecule has 21 heavy (non-hydrogen) atoms. The SMILES string of the molecule is O=C(O)c1sccc1S(=O)(=O)Nc1cc(Br)c(F)cc1F. The minimum atomic E-state index is -4.30. The molecule has 0 saturated carbocycles. The van der Waals surface area contributed by atoms with Crippen molar-refractivity contribution in [1.29, 1.82) is 0 Å². The molecule has 112 valence electrons. The zero-order chi connectivity index (χ0) is 15.8. The fraction of sp³-hybridized carbons (Fsp3) is 0. The summed E-state index contributed by atoms with van der Waals surface area (Å²) in [5.74, 6) is -3.42. The van der Waals surface area contributed by atoms with E-state index in [0.29, 0.717) is 6.07 Å². The van der Waals surface area contributed by atoms with Crippen LogP contribution < -0.4 is 4.72 Å². The maximum Gasteiger partial charge on any atom is 0.347 e. The molecule has 1 aromatic heterocycles. The van der Waals surface area contributed by atoms with Crippen LogP contribution in [0, 0.1) is 11.6 Å². The van der Waals surface area contributed by atoms with Crippen LogP contribution in [0.25, 0.3) is 0 Å². The molecule has 0 bridgehead atoms. The molecule has 5 nitrogen and oxygen atoms in total. The molecule has 1 heterocycles. The Morgan fingerprint density at radius 2 is 1.95 bits per heavy atom. The predicted molar refractivity (Wildman–Crippen MR) is 76.1 cm³/mol. The third-order valence-corrected chi connectivity index (χ3v) is 5.41. The number of carboxylic acid groups (broad SMARTS) is 1. The maximum absolute atomic E-state index is 13.6. The highest BCUT2D eigenvalue weighted by atomic mass is 79.9. The number of halogens is 3. The molecule has 0 amide bonds. The normalized spacial score (nSPS) is 11.4. The molecule has 0 saturated heterocycles. The number of nitrogens with one attached hydrogen (secondary N) is 1. The second-order valence-electron chi connectivity index (χ2n) is 3.77. The van der Waals surface area contributed by atoms with Crippen LogP contribution in [0.2, 0.25) is 0 Å². The van der Waals surface area contributed by atoms with Crippen molar-refractivity contribution in [3.63, 3.8) is 0 Å². The summed E-state index contributed by atoms with van der Waals surface area (Å²) >= 11 is 3.53. The Labute approximate surface area is 130 Å². The Balaban J connectivity index is 2.45. The highest BCUT2D eigenvalue weighted by molar-refractivity contribution is 9.10. The smallest absolute Gasteiger partial charge is 0.347 e. The second kappa shape index (κ2) is 5.70. The van der Waals surface area contributed by atoms with E-state index in [2.05, 4.69) is 15.9 Å².